The Kier molecular flexibility index (Phi) is 3.00. The van der Waals surface area contributed by atoms with Crippen LogP contribution in [0.4, 0.5) is 10.1 Å². The summed E-state index contributed by atoms with van der Waals surface area (Å²) in [6.07, 6.45) is 1.47. The predicted octanol–water partition coefficient (Wildman–Crippen LogP) is 1.77. The van der Waals surface area contributed by atoms with Crippen molar-refractivity contribution in [2.24, 2.45) is 0 Å². The Morgan fingerprint density at radius 3 is 2.53 bits per heavy atom. The molecule has 2 rings (SSSR count). The van der Waals surface area contributed by atoms with Gasteiger partial charge in [0.05, 0.1) is 0 Å². The summed E-state index contributed by atoms with van der Waals surface area (Å²) in [5.41, 5.74) is 0.0550. The summed E-state index contributed by atoms with van der Waals surface area (Å²) < 4.78 is 12.7. The first-order chi connectivity index (χ1) is 8.16. The number of hydrogen-bond donors (Lipinski definition) is 2. The van der Waals surface area contributed by atoms with Crippen molar-refractivity contribution >= 4 is 11.6 Å². The Morgan fingerprint density at radius 2 is 1.88 bits per heavy atom. The number of aromatic nitrogens is 1. The second kappa shape index (κ2) is 4.61. The third kappa shape index (κ3) is 2.57. The van der Waals surface area contributed by atoms with Gasteiger partial charge < -0.3 is 10.3 Å². The number of H-pyrrole nitrogens is 1. The molecule has 2 aromatic rings. The highest BCUT2D eigenvalue weighted by molar-refractivity contribution is 6.04. The third-order valence-electron chi connectivity index (χ3n) is 2.17. The third-order valence-corrected chi connectivity index (χ3v) is 2.17. The molecular formula is C12H9FN2O2. The fourth-order valence-electron chi connectivity index (χ4n) is 1.32. The van der Waals surface area contributed by atoms with E-state index >= 15 is 0 Å². The minimum atomic E-state index is -0.457. The summed E-state index contributed by atoms with van der Waals surface area (Å²) in [6.45, 7) is 0. The molecule has 0 spiro atoms. The van der Waals surface area contributed by atoms with Crippen LogP contribution in [-0.2, 0) is 0 Å². The van der Waals surface area contributed by atoms with Crippen LogP contribution in [0.1, 0.15) is 10.4 Å². The molecule has 5 heteroatoms. The van der Waals surface area contributed by atoms with Crippen LogP contribution in [0.3, 0.4) is 0 Å². The van der Waals surface area contributed by atoms with Gasteiger partial charge in [-0.1, -0.05) is 0 Å². The number of hydrogen-bond acceptors (Lipinski definition) is 2. The predicted molar refractivity (Wildman–Crippen MR) is 61.4 cm³/mol. The van der Waals surface area contributed by atoms with Crippen molar-refractivity contribution in [1.82, 2.24) is 4.98 Å². The lowest BCUT2D eigenvalue weighted by atomic mass is 10.2. The van der Waals surface area contributed by atoms with Crippen molar-refractivity contribution < 1.29 is 9.18 Å². The van der Waals surface area contributed by atoms with Crippen LogP contribution in [0.2, 0.25) is 0 Å². The smallest absolute Gasteiger partial charge is 0.271 e. The number of nitrogens with one attached hydrogen (secondary N) is 2. The number of rotatable bonds is 2. The van der Waals surface area contributed by atoms with Crippen LogP contribution >= 0.6 is 0 Å². The van der Waals surface area contributed by atoms with E-state index in [9.17, 15) is 14.0 Å². The summed E-state index contributed by atoms with van der Waals surface area (Å²) in [5, 5.41) is 2.44. The van der Waals surface area contributed by atoms with Gasteiger partial charge in [-0.05, 0) is 36.4 Å². The van der Waals surface area contributed by atoms with Crippen molar-refractivity contribution in [1.29, 1.82) is 0 Å². The van der Waals surface area contributed by atoms with Crippen LogP contribution < -0.4 is 10.9 Å². The lowest BCUT2D eigenvalue weighted by Crippen LogP contribution is -2.19. The van der Waals surface area contributed by atoms with Crippen LogP contribution in [0.25, 0.3) is 0 Å². The first-order valence-corrected chi connectivity index (χ1v) is 4.91. The minimum Gasteiger partial charge on any atom is -0.327 e. The van der Waals surface area contributed by atoms with Crippen molar-refractivity contribution in [2.45, 2.75) is 0 Å². The second-order valence-electron chi connectivity index (χ2n) is 3.37. The van der Waals surface area contributed by atoms with Crippen LogP contribution in [0, 0.1) is 5.82 Å². The molecule has 0 aliphatic rings. The maximum Gasteiger partial charge on any atom is 0.271 e. The Hall–Kier alpha value is -2.43. The fraction of sp³-hybridized carbons (Fsp3) is 0. The average Bonchev–Trinajstić information content (AvgIpc) is 2.33. The van der Waals surface area contributed by atoms with Gasteiger partial charge in [0.2, 0.25) is 0 Å². The van der Waals surface area contributed by atoms with Gasteiger partial charge in [0, 0.05) is 11.8 Å². The quantitative estimate of drug-likeness (QED) is 0.828. The molecule has 0 fully saturated rings. The standard InChI is InChI=1S/C12H9FN2O2/c13-9-5-3-8(4-6-9)11(16)15-10-2-1-7-14-12(10)17/h1-7H,(H,14,17)(H,15,16). The van der Waals surface area contributed by atoms with Gasteiger partial charge >= 0.3 is 0 Å². The maximum absolute atomic E-state index is 12.7. The van der Waals surface area contributed by atoms with E-state index in [1.54, 1.807) is 6.07 Å². The van der Waals surface area contributed by atoms with Crippen molar-refractivity contribution in [3.63, 3.8) is 0 Å². The first-order valence-electron chi connectivity index (χ1n) is 4.91. The SMILES string of the molecule is O=C(Nc1ccc[nH]c1=O)c1ccc(F)cc1. The number of aromatic amines is 1. The molecule has 17 heavy (non-hydrogen) atoms. The highest BCUT2D eigenvalue weighted by atomic mass is 19.1. The zero-order chi connectivity index (χ0) is 12.3. The van der Waals surface area contributed by atoms with Gasteiger partial charge in [0.25, 0.3) is 11.5 Å². The molecule has 0 aliphatic carbocycles. The van der Waals surface area contributed by atoms with Gasteiger partial charge in [-0.2, -0.15) is 0 Å². The fourth-order valence-corrected chi connectivity index (χ4v) is 1.32. The number of benzene rings is 1. The lowest BCUT2D eigenvalue weighted by molar-refractivity contribution is 0.102. The molecule has 1 aromatic carbocycles. The molecule has 0 bridgehead atoms. The normalized spacial score (nSPS) is 9.94. The van der Waals surface area contributed by atoms with Gasteiger partial charge in [-0.3, -0.25) is 9.59 Å². The van der Waals surface area contributed by atoms with Crippen LogP contribution in [0.5, 0.6) is 0 Å². The number of amides is 1. The second-order valence-corrected chi connectivity index (χ2v) is 3.37. The Bertz CT molecular complexity index is 590. The van der Waals surface area contributed by atoms with Gasteiger partial charge in [0.15, 0.2) is 0 Å². The van der Waals surface area contributed by atoms with Gasteiger partial charge in [-0.15, -0.1) is 0 Å². The maximum atomic E-state index is 12.7. The molecular weight excluding hydrogens is 223 g/mol. The van der Waals surface area contributed by atoms with E-state index in [-0.39, 0.29) is 16.8 Å². The molecule has 86 valence electrons. The van der Waals surface area contributed by atoms with Crippen LogP contribution in [-0.4, -0.2) is 10.9 Å². The summed E-state index contributed by atoms with van der Waals surface area (Å²) in [7, 11) is 0. The molecule has 1 amide bonds. The summed E-state index contributed by atoms with van der Waals surface area (Å²) in [5.74, 6) is -0.874. The number of anilines is 1. The Labute approximate surface area is 96.1 Å². The minimum absolute atomic E-state index is 0.154. The van der Waals surface area contributed by atoms with E-state index in [1.807, 2.05) is 0 Å². The highest BCUT2D eigenvalue weighted by Gasteiger charge is 2.07. The summed E-state index contributed by atoms with van der Waals surface area (Å²) in [4.78, 5) is 25.4. The lowest BCUT2D eigenvalue weighted by Gasteiger charge is -2.03. The van der Waals surface area contributed by atoms with Gasteiger partial charge in [-0.25, -0.2) is 4.39 Å². The van der Waals surface area contributed by atoms with Crippen molar-refractivity contribution in [3.8, 4) is 0 Å². The monoisotopic (exact) mass is 232 g/mol. The number of halogens is 1. The van der Waals surface area contributed by atoms with E-state index in [0.717, 1.165) is 0 Å². The Morgan fingerprint density at radius 1 is 1.18 bits per heavy atom. The van der Waals surface area contributed by atoms with E-state index in [2.05, 4.69) is 10.3 Å². The van der Waals surface area contributed by atoms with E-state index < -0.39 is 11.7 Å². The molecule has 1 heterocycles. The molecule has 0 aliphatic heterocycles. The first kappa shape index (κ1) is 11.1. The summed E-state index contributed by atoms with van der Waals surface area (Å²) in [6, 6.07) is 8.15. The summed E-state index contributed by atoms with van der Waals surface area (Å²) >= 11 is 0. The number of pyridine rings is 1. The topological polar surface area (TPSA) is 62.0 Å². The zero-order valence-corrected chi connectivity index (χ0v) is 8.74. The zero-order valence-electron chi connectivity index (χ0n) is 8.74. The van der Waals surface area contributed by atoms with Crippen molar-refractivity contribution in [2.75, 3.05) is 5.32 Å². The molecule has 0 unspecified atom stereocenters. The highest BCUT2D eigenvalue weighted by Crippen LogP contribution is 2.05. The average molecular weight is 232 g/mol. The molecule has 0 atom stereocenters. The molecule has 0 saturated heterocycles. The molecule has 4 nitrogen and oxygen atoms in total. The Balaban J connectivity index is 2.20. The molecule has 1 aromatic heterocycles. The van der Waals surface area contributed by atoms with Gasteiger partial charge in [0.1, 0.15) is 11.5 Å². The van der Waals surface area contributed by atoms with Crippen molar-refractivity contribution in [3.05, 3.63) is 64.3 Å². The number of carbonyl (C=O) groups excluding carboxylic acids is 1. The number of carbonyl (C=O) groups is 1. The molecule has 0 radical (unpaired) electrons. The largest absolute Gasteiger partial charge is 0.327 e. The van der Waals surface area contributed by atoms with E-state index in [1.165, 1.54) is 36.5 Å². The van der Waals surface area contributed by atoms with Crippen LogP contribution in [0.15, 0.2) is 47.4 Å². The van der Waals surface area contributed by atoms with E-state index in [0.29, 0.717) is 0 Å². The molecule has 2 N–H and O–H groups in total. The van der Waals surface area contributed by atoms with E-state index in [4.69, 9.17) is 0 Å². The molecule has 0 saturated carbocycles.